The smallest absolute Gasteiger partial charge is 0.227 e. The summed E-state index contributed by atoms with van der Waals surface area (Å²) in [6.07, 6.45) is 4.17. The van der Waals surface area contributed by atoms with Gasteiger partial charge in [-0.05, 0) is 36.0 Å². The lowest BCUT2D eigenvalue weighted by atomic mass is 10.0. The van der Waals surface area contributed by atoms with Gasteiger partial charge in [0.25, 0.3) is 0 Å². The number of carbonyl (C=O) groups is 1. The van der Waals surface area contributed by atoms with Crippen LogP contribution in [0.25, 0.3) is 0 Å². The molecule has 0 spiro atoms. The van der Waals surface area contributed by atoms with E-state index in [9.17, 15) is 4.79 Å². The fraction of sp³-hybridized carbons (Fsp3) is 0.533. The number of fused-ring (bicyclic) bond motifs is 1. The Kier molecular flexibility index (Phi) is 3.33. The summed E-state index contributed by atoms with van der Waals surface area (Å²) in [6.45, 7) is 2.83. The molecule has 0 atom stereocenters. The maximum absolute atomic E-state index is 12.1. The van der Waals surface area contributed by atoms with Crippen molar-refractivity contribution in [3.8, 4) is 0 Å². The zero-order chi connectivity index (χ0) is 12.4. The lowest BCUT2D eigenvalue weighted by Crippen LogP contribution is -2.41. The molecular weight excluding hydrogens is 226 g/mol. The molecule has 2 aliphatic rings. The molecule has 1 aromatic rings. The van der Waals surface area contributed by atoms with Crippen LogP contribution in [0, 0.1) is 0 Å². The van der Waals surface area contributed by atoms with Crippen LogP contribution in [0.5, 0.6) is 0 Å². The van der Waals surface area contributed by atoms with Gasteiger partial charge in [0.1, 0.15) is 0 Å². The van der Waals surface area contributed by atoms with E-state index in [2.05, 4.69) is 18.2 Å². The van der Waals surface area contributed by atoms with Gasteiger partial charge in [0.05, 0.1) is 19.6 Å². The van der Waals surface area contributed by atoms with Crippen LogP contribution < -0.4 is 0 Å². The Morgan fingerprint density at radius 1 is 1.17 bits per heavy atom. The zero-order valence-electron chi connectivity index (χ0n) is 10.7. The molecule has 0 radical (unpaired) electrons. The Morgan fingerprint density at radius 2 is 1.94 bits per heavy atom. The van der Waals surface area contributed by atoms with Crippen molar-refractivity contribution >= 4 is 5.91 Å². The number of benzene rings is 1. The molecule has 18 heavy (non-hydrogen) atoms. The average Bonchev–Trinajstić information content (AvgIpc) is 2.87. The Morgan fingerprint density at radius 3 is 2.78 bits per heavy atom. The molecule has 0 N–H and O–H groups in total. The number of hydrogen-bond acceptors (Lipinski definition) is 2. The lowest BCUT2D eigenvalue weighted by molar-refractivity contribution is -0.134. The summed E-state index contributed by atoms with van der Waals surface area (Å²) in [6, 6.07) is 6.54. The van der Waals surface area contributed by atoms with Crippen molar-refractivity contribution in [3.05, 3.63) is 34.9 Å². The van der Waals surface area contributed by atoms with Gasteiger partial charge in [-0.25, -0.2) is 0 Å². The van der Waals surface area contributed by atoms with Gasteiger partial charge in [-0.3, -0.25) is 4.79 Å². The summed E-state index contributed by atoms with van der Waals surface area (Å²) in [7, 11) is 0. The number of morpholine rings is 1. The molecule has 3 nitrogen and oxygen atoms in total. The Hall–Kier alpha value is -1.35. The maximum Gasteiger partial charge on any atom is 0.227 e. The number of ether oxygens (including phenoxy) is 1. The molecule has 3 rings (SSSR count). The van der Waals surface area contributed by atoms with Gasteiger partial charge in [0.2, 0.25) is 5.91 Å². The largest absolute Gasteiger partial charge is 0.378 e. The number of hydrogen-bond donors (Lipinski definition) is 0. The van der Waals surface area contributed by atoms with Gasteiger partial charge < -0.3 is 9.64 Å². The summed E-state index contributed by atoms with van der Waals surface area (Å²) >= 11 is 0. The van der Waals surface area contributed by atoms with Crippen LogP contribution in [-0.4, -0.2) is 37.1 Å². The van der Waals surface area contributed by atoms with Crippen molar-refractivity contribution in [2.45, 2.75) is 25.7 Å². The van der Waals surface area contributed by atoms with Gasteiger partial charge in [0, 0.05) is 13.1 Å². The SMILES string of the molecule is O=C(Cc1ccc2c(c1)CCC2)N1CCOCC1. The summed E-state index contributed by atoms with van der Waals surface area (Å²) in [5, 5.41) is 0. The molecule has 3 heteroatoms. The number of aryl methyl sites for hydroxylation is 2. The Labute approximate surface area is 108 Å². The second-order valence-corrected chi connectivity index (χ2v) is 5.13. The van der Waals surface area contributed by atoms with E-state index in [1.54, 1.807) is 0 Å². The average molecular weight is 245 g/mol. The van der Waals surface area contributed by atoms with E-state index >= 15 is 0 Å². The lowest BCUT2D eigenvalue weighted by Gasteiger charge is -2.27. The second-order valence-electron chi connectivity index (χ2n) is 5.13. The maximum atomic E-state index is 12.1. The van der Waals surface area contributed by atoms with E-state index in [0.29, 0.717) is 19.6 Å². The second kappa shape index (κ2) is 5.11. The topological polar surface area (TPSA) is 29.5 Å². The highest BCUT2D eigenvalue weighted by atomic mass is 16.5. The fourth-order valence-electron chi connectivity index (χ4n) is 2.83. The van der Waals surface area contributed by atoms with Crippen LogP contribution in [0.1, 0.15) is 23.1 Å². The first-order chi connectivity index (χ1) is 8.83. The van der Waals surface area contributed by atoms with Crippen LogP contribution in [-0.2, 0) is 28.8 Å². The van der Waals surface area contributed by atoms with E-state index in [4.69, 9.17) is 4.74 Å². The molecular formula is C15H19NO2. The van der Waals surface area contributed by atoms with E-state index < -0.39 is 0 Å². The highest BCUT2D eigenvalue weighted by molar-refractivity contribution is 5.79. The molecule has 1 saturated heterocycles. The van der Waals surface area contributed by atoms with Crippen molar-refractivity contribution in [1.29, 1.82) is 0 Å². The van der Waals surface area contributed by atoms with E-state index in [1.165, 1.54) is 30.4 Å². The molecule has 1 aliphatic heterocycles. The van der Waals surface area contributed by atoms with Crippen molar-refractivity contribution in [3.63, 3.8) is 0 Å². The molecule has 1 heterocycles. The van der Waals surface area contributed by atoms with Crippen LogP contribution in [0.15, 0.2) is 18.2 Å². The van der Waals surface area contributed by atoms with E-state index in [0.717, 1.165) is 18.7 Å². The van der Waals surface area contributed by atoms with E-state index in [-0.39, 0.29) is 5.91 Å². The Bertz CT molecular complexity index is 450. The zero-order valence-corrected chi connectivity index (χ0v) is 10.7. The predicted molar refractivity (Wildman–Crippen MR) is 69.6 cm³/mol. The number of amides is 1. The third kappa shape index (κ3) is 2.41. The number of nitrogens with zero attached hydrogens (tertiary/aromatic N) is 1. The Balaban J connectivity index is 1.66. The van der Waals surface area contributed by atoms with Crippen molar-refractivity contribution < 1.29 is 9.53 Å². The first kappa shape index (κ1) is 11.7. The molecule has 0 bridgehead atoms. The summed E-state index contributed by atoms with van der Waals surface area (Å²) in [4.78, 5) is 14.1. The predicted octanol–water partition coefficient (Wildman–Crippen LogP) is 1.58. The van der Waals surface area contributed by atoms with Crippen LogP contribution >= 0.6 is 0 Å². The van der Waals surface area contributed by atoms with Gasteiger partial charge in [-0.2, -0.15) is 0 Å². The summed E-state index contributed by atoms with van der Waals surface area (Å²) in [5.74, 6) is 0.233. The quantitative estimate of drug-likeness (QED) is 0.791. The minimum absolute atomic E-state index is 0.233. The third-order valence-corrected chi connectivity index (χ3v) is 3.88. The molecule has 0 saturated carbocycles. The number of rotatable bonds is 2. The molecule has 0 unspecified atom stereocenters. The molecule has 1 amide bonds. The minimum Gasteiger partial charge on any atom is -0.378 e. The van der Waals surface area contributed by atoms with Crippen molar-refractivity contribution in [1.82, 2.24) is 4.90 Å². The highest BCUT2D eigenvalue weighted by Crippen LogP contribution is 2.23. The fourth-order valence-corrected chi connectivity index (χ4v) is 2.83. The third-order valence-electron chi connectivity index (χ3n) is 3.88. The number of carbonyl (C=O) groups excluding carboxylic acids is 1. The van der Waals surface area contributed by atoms with Crippen LogP contribution in [0.3, 0.4) is 0 Å². The first-order valence-corrected chi connectivity index (χ1v) is 6.79. The van der Waals surface area contributed by atoms with Gasteiger partial charge in [0.15, 0.2) is 0 Å². The molecule has 1 fully saturated rings. The standard InChI is InChI=1S/C15H19NO2/c17-15(16-6-8-18-9-7-16)11-12-4-5-13-2-1-3-14(13)10-12/h4-5,10H,1-3,6-9,11H2. The summed E-state index contributed by atoms with van der Waals surface area (Å²) < 4.78 is 5.27. The monoisotopic (exact) mass is 245 g/mol. The van der Waals surface area contributed by atoms with Crippen LogP contribution in [0.4, 0.5) is 0 Å². The molecule has 0 aromatic heterocycles. The van der Waals surface area contributed by atoms with Gasteiger partial charge in [-0.1, -0.05) is 18.2 Å². The van der Waals surface area contributed by atoms with Crippen molar-refractivity contribution in [2.75, 3.05) is 26.3 Å². The normalized spacial score (nSPS) is 18.8. The minimum atomic E-state index is 0.233. The van der Waals surface area contributed by atoms with E-state index in [1.807, 2.05) is 4.90 Å². The molecule has 1 aliphatic carbocycles. The van der Waals surface area contributed by atoms with Gasteiger partial charge >= 0.3 is 0 Å². The molecule has 96 valence electrons. The van der Waals surface area contributed by atoms with Crippen molar-refractivity contribution in [2.24, 2.45) is 0 Å². The highest BCUT2D eigenvalue weighted by Gasteiger charge is 2.18. The van der Waals surface area contributed by atoms with Gasteiger partial charge in [-0.15, -0.1) is 0 Å². The first-order valence-electron chi connectivity index (χ1n) is 6.79. The molecule has 1 aromatic carbocycles. The summed E-state index contributed by atoms with van der Waals surface area (Å²) in [5.41, 5.74) is 4.08. The van der Waals surface area contributed by atoms with Crippen LogP contribution in [0.2, 0.25) is 0 Å².